The van der Waals surface area contributed by atoms with Crippen LogP contribution < -0.4 is 0 Å². The molecule has 2 amide bonds. The van der Waals surface area contributed by atoms with Crippen molar-refractivity contribution in [1.29, 1.82) is 0 Å². The summed E-state index contributed by atoms with van der Waals surface area (Å²) in [5, 5.41) is 0. The number of benzene rings is 4. The highest BCUT2D eigenvalue weighted by Gasteiger charge is 2.38. The highest BCUT2D eigenvalue weighted by molar-refractivity contribution is 5.95. The topological polar surface area (TPSA) is 40.6 Å². The van der Waals surface area contributed by atoms with E-state index in [1.165, 1.54) is 0 Å². The van der Waals surface area contributed by atoms with E-state index in [0.717, 1.165) is 36.8 Å². The van der Waals surface area contributed by atoms with Gasteiger partial charge in [0.05, 0.1) is 12.1 Å². The Balaban J connectivity index is 1.54. The normalized spacial score (nSPS) is 16.9. The SMILES string of the molecule is O=C(c1ccccc1)N(Cc1ccccc1)[C@@H]1CCCC[C@H]1N(Cc1ccccc1)C(=O)c1ccccc1. The molecule has 1 aliphatic rings. The van der Waals surface area contributed by atoms with E-state index in [4.69, 9.17) is 0 Å². The molecule has 0 aliphatic heterocycles. The van der Waals surface area contributed by atoms with E-state index in [1.54, 1.807) is 0 Å². The van der Waals surface area contributed by atoms with Crippen molar-refractivity contribution >= 4 is 11.8 Å². The number of nitrogens with zero attached hydrogens (tertiary/aromatic N) is 2. The summed E-state index contributed by atoms with van der Waals surface area (Å²) in [5.74, 6) is 0.0244. The van der Waals surface area contributed by atoms with Crippen LogP contribution in [-0.4, -0.2) is 33.7 Å². The summed E-state index contributed by atoms with van der Waals surface area (Å²) in [7, 11) is 0. The number of carbonyl (C=O) groups is 2. The number of carbonyl (C=O) groups excluding carboxylic acids is 2. The van der Waals surface area contributed by atoms with Crippen molar-refractivity contribution in [1.82, 2.24) is 9.80 Å². The van der Waals surface area contributed by atoms with Crippen LogP contribution >= 0.6 is 0 Å². The van der Waals surface area contributed by atoms with Crippen LogP contribution in [0.25, 0.3) is 0 Å². The quantitative estimate of drug-likeness (QED) is 0.261. The summed E-state index contributed by atoms with van der Waals surface area (Å²) in [6.07, 6.45) is 3.80. The van der Waals surface area contributed by atoms with Crippen molar-refractivity contribution in [2.24, 2.45) is 0 Å². The van der Waals surface area contributed by atoms with Crippen molar-refractivity contribution in [3.05, 3.63) is 144 Å². The predicted molar refractivity (Wildman–Crippen MR) is 152 cm³/mol. The lowest BCUT2D eigenvalue weighted by Crippen LogP contribution is -2.56. The van der Waals surface area contributed by atoms with Gasteiger partial charge in [0.25, 0.3) is 11.8 Å². The molecular formula is C34H34N2O2. The molecule has 4 aromatic carbocycles. The molecule has 0 saturated heterocycles. The van der Waals surface area contributed by atoms with Crippen molar-refractivity contribution in [2.75, 3.05) is 0 Å². The van der Waals surface area contributed by atoms with Crippen molar-refractivity contribution in [3.8, 4) is 0 Å². The van der Waals surface area contributed by atoms with Crippen molar-refractivity contribution in [3.63, 3.8) is 0 Å². The fraction of sp³-hybridized carbons (Fsp3) is 0.235. The third kappa shape index (κ3) is 6.03. The van der Waals surface area contributed by atoms with E-state index in [0.29, 0.717) is 24.2 Å². The monoisotopic (exact) mass is 502 g/mol. The Hall–Kier alpha value is -4.18. The third-order valence-corrected chi connectivity index (χ3v) is 7.45. The number of hydrogen-bond donors (Lipinski definition) is 0. The first-order valence-corrected chi connectivity index (χ1v) is 13.5. The van der Waals surface area contributed by atoms with Crippen LogP contribution in [0.3, 0.4) is 0 Å². The second-order valence-corrected chi connectivity index (χ2v) is 9.99. The minimum Gasteiger partial charge on any atom is -0.329 e. The van der Waals surface area contributed by atoms with Gasteiger partial charge in [0.15, 0.2) is 0 Å². The Morgan fingerprint density at radius 2 is 0.816 bits per heavy atom. The maximum atomic E-state index is 14.0. The zero-order valence-corrected chi connectivity index (χ0v) is 21.7. The van der Waals surface area contributed by atoms with Gasteiger partial charge in [-0.25, -0.2) is 0 Å². The Kier molecular flexibility index (Phi) is 8.29. The van der Waals surface area contributed by atoms with Gasteiger partial charge in [-0.05, 0) is 48.2 Å². The highest BCUT2D eigenvalue weighted by Crippen LogP contribution is 2.32. The van der Waals surface area contributed by atoms with Gasteiger partial charge in [-0.3, -0.25) is 9.59 Å². The fourth-order valence-corrected chi connectivity index (χ4v) is 5.55. The minimum atomic E-state index is -0.0898. The van der Waals surface area contributed by atoms with Gasteiger partial charge in [0.1, 0.15) is 0 Å². The van der Waals surface area contributed by atoms with E-state index in [2.05, 4.69) is 24.3 Å². The van der Waals surface area contributed by atoms with E-state index in [-0.39, 0.29) is 23.9 Å². The van der Waals surface area contributed by atoms with Crippen LogP contribution in [-0.2, 0) is 13.1 Å². The molecule has 4 aromatic rings. The van der Waals surface area contributed by atoms with Gasteiger partial charge >= 0.3 is 0 Å². The second kappa shape index (κ2) is 12.4. The molecule has 1 saturated carbocycles. The summed E-state index contributed by atoms with van der Waals surface area (Å²) in [4.78, 5) is 32.1. The van der Waals surface area contributed by atoms with Crippen LogP contribution in [0.1, 0.15) is 57.5 Å². The molecule has 0 N–H and O–H groups in total. The van der Waals surface area contributed by atoms with E-state index >= 15 is 0 Å². The van der Waals surface area contributed by atoms with Crippen molar-refractivity contribution < 1.29 is 9.59 Å². The third-order valence-electron chi connectivity index (χ3n) is 7.45. The summed E-state index contributed by atoms with van der Waals surface area (Å²) < 4.78 is 0. The standard InChI is InChI=1S/C34H34N2O2/c37-33(29-19-9-3-10-20-29)35(25-27-15-5-1-6-16-27)31-23-13-14-24-32(31)36(26-28-17-7-2-8-18-28)34(38)30-21-11-4-12-22-30/h1-12,15-22,31-32H,13-14,23-26H2/t31-,32-/m1/s1. The van der Waals surface area contributed by atoms with Crippen LogP contribution in [0.5, 0.6) is 0 Å². The first-order valence-electron chi connectivity index (χ1n) is 13.5. The molecule has 4 nitrogen and oxygen atoms in total. The second-order valence-electron chi connectivity index (χ2n) is 9.99. The zero-order chi connectivity index (χ0) is 26.2. The Labute approximate surface area is 225 Å². The minimum absolute atomic E-state index is 0.0122. The zero-order valence-electron chi connectivity index (χ0n) is 21.7. The Morgan fingerprint density at radius 3 is 1.16 bits per heavy atom. The predicted octanol–water partition coefficient (Wildman–Crippen LogP) is 6.98. The number of rotatable bonds is 8. The van der Waals surface area contributed by atoms with Crippen LogP contribution in [0, 0.1) is 0 Å². The van der Waals surface area contributed by atoms with Gasteiger partial charge in [-0.2, -0.15) is 0 Å². The molecular weight excluding hydrogens is 468 g/mol. The molecule has 2 atom stereocenters. The average molecular weight is 503 g/mol. The van der Waals surface area contributed by atoms with Gasteiger partial charge < -0.3 is 9.80 Å². The summed E-state index contributed by atoms with van der Waals surface area (Å²) in [6, 6.07) is 39.2. The average Bonchev–Trinajstić information content (AvgIpc) is 3.00. The molecule has 0 aromatic heterocycles. The number of hydrogen-bond acceptors (Lipinski definition) is 2. The van der Waals surface area contributed by atoms with Gasteiger partial charge in [0, 0.05) is 24.2 Å². The van der Waals surface area contributed by atoms with Crippen LogP contribution in [0.15, 0.2) is 121 Å². The van der Waals surface area contributed by atoms with Crippen LogP contribution in [0.2, 0.25) is 0 Å². The maximum Gasteiger partial charge on any atom is 0.254 e. The molecule has 0 spiro atoms. The summed E-state index contributed by atoms with van der Waals surface area (Å²) >= 11 is 0. The van der Waals surface area contributed by atoms with E-state index in [1.807, 2.05) is 107 Å². The molecule has 0 heterocycles. The van der Waals surface area contributed by atoms with E-state index < -0.39 is 0 Å². The molecule has 192 valence electrons. The van der Waals surface area contributed by atoms with E-state index in [9.17, 15) is 9.59 Å². The lowest BCUT2D eigenvalue weighted by atomic mass is 9.86. The molecule has 0 radical (unpaired) electrons. The molecule has 38 heavy (non-hydrogen) atoms. The lowest BCUT2D eigenvalue weighted by Gasteiger charge is -2.45. The summed E-state index contributed by atoms with van der Waals surface area (Å²) in [6.45, 7) is 1.02. The summed E-state index contributed by atoms with van der Waals surface area (Å²) in [5.41, 5.74) is 3.53. The highest BCUT2D eigenvalue weighted by atomic mass is 16.2. The number of amides is 2. The Morgan fingerprint density at radius 1 is 0.500 bits per heavy atom. The molecule has 5 rings (SSSR count). The molecule has 1 aliphatic carbocycles. The first-order chi connectivity index (χ1) is 18.7. The smallest absolute Gasteiger partial charge is 0.254 e. The first kappa shape index (κ1) is 25.5. The largest absolute Gasteiger partial charge is 0.329 e. The molecule has 0 bridgehead atoms. The van der Waals surface area contributed by atoms with Gasteiger partial charge in [-0.15, -0.1) is 0 Å². The molecule has 0 unspecified atom stereocenters. The van der Waals surface area contributed by atoms with Crippen LogP contribution in [0.4, 0.5) is 0 Å². The molecule has 4 heteroatoms. The Bertz CT molecular complexity index is 1200. The van der Waals surface area contributed by atoms with Gasteiger partial charge in [0.2, 0.25) is 0 Å². The molecule has 1 fully saturated rings. The lowest BCUT2D eigenvalue weighted by molar-refractivity contribution is 0.0259. The maximum absolute atomic E-state index is 14.0. The van der Waals surface area contributed by atoms with Crippen molar-refractivity contribution in [2.45, 2.75) is 50.9 Å². The van der Waals surface area contributed by atoms with Gasteiger partial charge in [-0.1, -0.05) is 110 Å². The fourth-order valence-electron chi connectivity index (χ4n) is 5.55.